The first-order chi connectivity index (χ1) is 6.24. The molecule has 0 spiro atoms. The van der Waals surface area contributed by atoms with Gasteiger partial charge in [0.15, 0.2) is 0 Å². The largest absolute Gasteiger partial charge is 0.506 e. The van der Waals surface area contributed by atoms with Crippen molar-refractivity contribution in [3.8, 4) is 5.75 Å². The molecule has 0 radical (unpaired) electrons. The molecule has 0 amide bonds. The standard InChI is InChI=1S/C9H11N3O/c1-10-9-11-8-6(12(9)2)4-3-5-7(8)13/h3-5,13H,1-2H3,(H,10,11). The Morgan fingerprint density at radius 2 is 2.23 bits per heavy atom. The first-order valence-corrected chi connectivity index (χ1v) is 4.06. The maximum atomic E-state index is 9.50. The molecule has 4 heteroatoms. The van der Waals surface area contributed by atoms with Crippen molar-refractivity contribution in [3.63, 3.8) is 0 Å². The zero-order valence-electron chi connectivity index (χ0n) is 7.57. The van der Waals surface area contributed by atoms with Crippen LogP contribution in [0.1, 0.15) is 0 Å². The summed E-state index contributed by atoms with van der Waals surface area (Å²) in [5, 5.41) is 12.5. The minimum atomic E-state index is 0.217. The Hall–Kier alpha value is -1.71. The molecule has 0 bridgehead atoms. The van der Waals surface area contributed by atoms with E-state index < -0.39 is 0 Å². The molecule has 1 aromatic heterocycles. The zero-order valence-corrected chi connectivity index (χ0v) is 7.57. The lowest BCUT2D eigenvalue weighted by molar-refractivity contribution is 0.480. The van der Waals surface area contributed by atoms with E-state index in [-0.39, 0.29) is 5.75 Å². The maximum absolute atomic E-state index is 9.50. The fourth-order valence-electron chi connectivity index (χ4n) is 1.42. The van der Waals surface area contributed by atoms with Crippen molar-refractivity contribution in [2.24, 2.45) is 7.05 Å². The Balaban J connectivity index is 2.83. The third-order valence-corrected chi connectivity index (χ3v) is 2.11. The predicted molar refractivity (Wildman–Crippen MR) is 51.9 cm³/mol. The van der Waals surface area contributed by atoms with Gasteiger partial charge in [0.05, 0.1) is 5.52 Å². The lowest BCUT2D eigenvalue weighted by Crippen LogP contribution is -1.97. The van der Waals surface area contributed by atoms with Gasteiger partial charge in [0.2, 0.25) is 5.95 Å². The first kappa shape index (κ1) is 7.91. The normalized spacial score (nSPS) is 10.6. The van der Waals surface area contributed by atoms with E-state index in [4.69, 9.17) is 0 Å². The number of para-hydroxylation sites is 1. The zero-order chi connectivity index (χ0) is 9.42. The second-order valence-corrected chi connectivity index (χ2v) is 2.89. The van der Waals surface area contributed by atoms with E-state index in [0.29, 0.717) is 5.52 Å². The summed E-state index contributed by atoms with van der Waals surface area (Å²) in [5.41, 5.74) is 1.55. The molecule has 13 heavy (non-hydrogen) atoms. The highest BCUT2D eigenvalue weighted by molar-refractivity contribution is 5.84. The van der Waals surface area contributed by atoms with Gasteiger partial charge in [-0.1, -0.05) is 6.07 Å². The molecule has 0 saturated carbocycles. The monoisotopic (exact) mass is 177 g/mol. The number of fused-ring (bicyclic) bond motifs is 1. The number of aromatic hydroxyl groups is 1. The van der Waals surface area contributed by atoms with Gasteiger partial charge in [0, 0.05) is 14.1 Å². The van der Waals surface area contributed by atoms with E-state index in [2.05, 4.69) is 10.3 Å². The molecular weight excluding hydrogens is 166 g/mol. The van der Waals surface area contributed by atoms with Gasteiger partial charge in [-0.2, -0.15) is 0 Å². The summed E-state index contributed by atoms with van der Waals surface area (Å²) in [6.07, 6.45) is 0. The van der Waals surface area contributed by atoms with Crippen molar-refractivity contribution >= 4 is 17.0 Å². The molecule has 0 fully saturated rings. The molecule has 68 valence electrons. The van der Waals surface area contributed by atoms with Gasteiger partial charge in [-0.05, 0) is 12.1 Å². The van der Waals surface area contributed by atoms with Gasteiger partial charge in [-0.3, -0.25) is 0 Å². The Bertz CT molecular complexity index is 447. The molecule has 2 rings (SSSR count). The van der Waals surface area contributed by atoms with Crippen LogP contribution in [0.2, 0.25) is 0 Å². The molecule has 0 aliphatic carbocycles. The summed E-state index contributed by atoms with van der Waals surface area (Å²) in [7, 11) is 3.71. The van der Waals surface area contributed by atoms with E-state index >= 15 is 0 Å². The Morgan fingerprint density at radius 1 is 1.46 bits per heavy atom. The number of rotatable bonds is 1. The number of aryl methyl sites for hydroxylation is 1. The van der Waals surface area contributed by atoms with Crippen molar-refractivity contribution in [1.82, 2.24) is 9.55 Å². The molecule has 1 heterocycles. The lowest BCUT2D eigenvalue weighted by atomic mass is 10.3. The third-order valence-electron chi connectivity index (χ3n) is 2.11. The summed E-state index contributed by atoms with van der Waals surface area (Å²) in [6, 6.07) is 5.36. The number of hydrogen-bond acceptors (Lipinski definition) is 3. The molecule has 0 aliphatic rings. The lowest BCUT2D eigenvalue weighted by Gasteiger charge is -1.98. The van der Waals surface area contributed by atoms with Crippen LogP contribution in [-0.2, 0) is 7.05 Å². The van der Waals surface area contributed by atoms with Crippen LogP contribution in [0.15, 0.2) is 18.2 Å². The Morgan fingerprint density at radius 3 is 2.85 bits per heavy atom. The maximum Gasteiger partial charge on any atom is 0.203 e. The Kier molecular flexibility index (Phi) is 1.62. The second-order valence-electron chi connectivity index (χ2n) is 2.89. The van der Waals surface area contributed by atoms with Crippen molar-refractivity contribution in [1.29, 1.82) is 0 Å². The van der Waals surface area contributed by atoms with Crippen LogP contribution >= 0.6 is 0 Å². The molecule has 0 aliphatic heterocycles. The smallest absolute Gasteiger partial charge is 0.203 e. The van der Waals surface area contributed by atoms with Crippen LogP contribution < -0.4 is 5.32 Å². The summed E-state index contributed by atoms with van der Waals surface area (Å²) in [6.45, 7) is 0. The quantitative estimate of drug-likeness (QED) is 0.690. The van der Waals surface area contributed by atoms with Crippen molar-refractivity contribution < 1.29 is 5.11 Å². The topological polar surface area (TPSA) is 50.1 Å². The minimum Gasteiger partial charge on any atom is -0.506 e. The summed E-state index contributed by atoms with van der Waals surface area (Å²) < 4.78 is 1.90. The van der Waals surface area contributed by atoms with Crippen molar-refractivity contribution in [2.75, 3.05) is 12.4 Å². The number of phenolic OH excluding ortho intramolecular Hbond substituents is 1. The van der Waals surface area contributed by atoms with Gasteiger partial charge < -0.3 is 15.0 Å². The van der Waals surface area contributed by atoms with Gasteiger partial charge in [-0.25, -0.2) is 4.98 Å². The van der Waals surface area contributed by atoms with Crippen LogP contribution in [0.4, 0.5) is 5.95 Å². The Labute approximate surface area is 75.8 Å². The number of benzene rings is 1. The second kappa shape index (κ2) is 2.65. The van der Waals surface area contributed by atoms with E-state index in [9.17, 15) is 5.11 Å². The number of hydrogen-bond donors (Lipinski definition) is 2. The SMILES string of the molecule is CNc1nc2c(O)cccc2n1C. The van der Waals surface area contributed by atoms with Gasteiger partial charge in [0.25, 0.3) is 0 Å². The molecule has 4 nitrogen and oxygen atoms in total. The molecule has 0 atom stereocenters. The number of aromatic nitrogens is 2. The molecule has 2 N–H and O–H groups in total. The highest BCUT2D eigenvalue weighted by atomic mass is 16.3. The van der Waals surface area contributed by atoms with E-state index in [0.717, 1.165) is 11.5 Å². The summed E-state index contributed by atoms with van der Waals surface area (Å²) in [4.78, 5) is 4.23. The fraction of sp³-hybridized carbons (Fsp3) is 0.222. The molecular formula is C9H11N3O. The van der Waals surface area contributed by atoms with Crippen molar-refractivity contribution in [3.05, 3.63) is 18.2 Å². The van der Waals surface area contributed by atoms with Gasteiger partial charge in [0.1, 0.15) is 11.3 Å². The summed E-state index contributed by atoms with van der Waals surface area (Å²) >= 11 is 0. The predicted octanol–water partition coefficient (Wildman–Crippen LogP) is 1.32. The number of anilines is 1. The number of nitrogens with zero attached hydrogens (tertiary/aromatic N) is 2. The average molecular weight is 177 g/mol. The molecule has 2 aromatic rings. The molecule has 0 saturated heterocycles. The van der Waals surface area contributed by atoms with Crippen LogP contribution in [0.25, 0.3) is 11.0 Å². The van der Waals surface area contributed by atoms with E-state index in [1.54, 1.807) is 19.2 Å². The van der Waals surface area contributed by atoms with Gasteiger partial charge in [-0.15, -0.1) is 0 Å². The highest BCUT2D eigenvalue weighted by Crippen LogP contribution is 2.25. The highest BCUT2D eigenvalue weighted by Gasteiger charge is 2.08. The van der Waals surface area contributed by atoms with Crippen LogP contribution in [-0.4, -0.2) is 21.7 Å². The number of phenols is 1. The van der Waals surface area contributed by atoms with Gasteiger partial charge >= 0.3 is 0 Å². The van der Waals surface area contributed by atoms with Crippen molar-refractivity contribution in [2.45, 2.75) is 0 Å². The minimum absolute atomic E-state index is 0.217. The van der Waals surface area contributed by atoms with E-state index in [1.807, 2.05) is 17.7 Å². The molecule has 0 unspecified atom stereocenters. The van der Waals surface area contributed by atoms with Crippen LogP contribution in [0.3, 0.4) is 0 Å². The third kappa shape index (κ3) is 1.02. The summed E-state index contributed by atoms with van der Waals surface area (Å²) in [5.74, 6) is 0.964. The average Bonchev–Trinajstić information content (AvgIpc) is 2.45. The fourth-order valence-corrected chi connectivity index (χ4v) is 1.42. The number of nitrogens with one attached hydrogen (secondary N) is 1. The van der Waals surface area contributed by atoms with Crippen LogP contribution in [0, 0.1) is 0 Å². The van der Waals surface area contributed by atoms with Crippen LogP contribution in [0.5, 0.6) is 5.75 Å². The molecule has 1 aromatic carbocycles. The van der Waals surface area contributed by atoms with E-state index in [1.165, 1.54) is 0 Å². The first-order valence-electron chi connectivity index (χ1n) is 4.06. The number of imidazole rings is 1.